The van der Waals surface area contributed by atoms with E-state index in [-0.39, 0.29) is 0 Å². The number of thiocarbonyl (C=S) groups is 2. The molecule has 0 saturated heterocycles. The number of benzene rings is 2. The van der Waals surface area contributed by atoms with Crippen molar-refractivity contribution in [2.24, 2.45) is 11.8 Å². The van der Waals surface area contributed by atoms with Gasteiger partial charge in [0.15, 0.2) is 0 Å². The molecule has 0 unspecified atom stereocenters. The predicted octanol–water partition coefficient (Wildman–Crippen LogP) is 11.3. The van der Waals surface area contributed by atoms with Crippen LogP contribution in [0.1, 0.15) is 121 Å². The van der Waals surface area contributed by atoms with Crippen molar-refractivity contribution in [3.8, 4) is 0 Å². The Hall–Kier alpha value is -1.08. The minimum Gasteiger partial charge on any atom is -0.368 e. The van der Waals surface area contributed by atoms with Crippen LogP contribution in [0.15, 0.2) is 58.3 Å². The van der Waals surface area contributed by atoms with Gasteiger partial charge >= 0.3 is 0 Å². The third-order valence-electron chi connectivity index (χ3n) is 9.45. The number of thioether (sulfide) groups is 2. The fourth-order valence-corrected chi connectivity index (χ4v) is 9.52. The normalized spacial score (nSPS) is 22.2. The van der Waals surface area contributed by atoms with Gasteiger partial charge in [0, 0.05) is 21.9 Å². The van der Waals surface area contributed by atoms with Gasteiger partial charge in [0.25, 0.3) is 0 Å². The van der Waals surface area contributed by atoms with Gasteiger partial charge in [0.05, 0.1) is 0 Å². The fourth-order valence-electron chi connectivity index (χ4n) is 6.90. The number of hydrogen-bond donors (Lipinski definition) is 2. The number of hydrogen-bond acceptors (Lipinski definition) is 4. The van der Waals surface area contributed by atoms with E-state index in [1.807, 2.05) is 0 Å². The van der Waals surface area contributed by atoms with Crippen molar-refractivity contribution in [2.75, 3.05) is 0 Å². The van der Waals surface area contributed by atoms with Crippen molar-refractivity contribution in [2.45, 2.75) is 145 Å². The second-order valence-corrected chi connectivity index (χ2v) is 16.3. The molecule has 43 heavy (non-hydrogen) atoms. The zero-order chi connectivity index (χ0) is 30.3. The van der Waals surface area contributed by atoms with Crippen LogP contribution in [0.3, 0.4) is 0 Å². The summed E-state index contributed by atoms with van der Waals surface area (Å²) in [6.45, 7) is 4.54. The maximum atomic E-state index is 5.81. The lowest BCUT2D eigenvalue weighted by Crippen LogP contribution is -2.37. The highest BCUT2D eigenvalue weighted by Crippen LogP contribution is 2.36. The smallest absolute Gasteiger partial charge is 0.138 e. The van der Waals surface area contributed by atoms with Gasteiger partial charge in [0.1, 0.15) is 8.64 Å². The third kappa shape index (κ3) is 12.3. The molecule has 0 spiro atoms. The SMILES string of the molecule is CCCCCc1ccccc1SC(=S)NC1CCC(CC2CCC(NC(=S)Sc3ccccc3CCCCC)CC2)CC1. The van der Waals surface area contributed by atoms with Crippen molar-refractivity contribution in [3.05, 3.63) is 59.7 Å². The quantitative estimate of drug-likeness (QED) is 0.119. The molecule has 6 heteroatoms. The van der Waals surface area contributed by atoms with Gasteiger partial charge in [-0.2, -0.15) is 0 Å². The van der Waals surface area contributed by atoms with Crippen LogP contribution >= 0.6 is 48.0 Å². The summed E-state index contributed by atoms with van der Waals surface area (Å²) in [5.74, 6) is 1.77. The molecule has 0 bridgehead atoms. The number of rotatable bonds is 14. The largest absolute Gasteiger partial charge is 0.368 e. The Bertz CT molecular complexity index is 1030. The Morgan fingerprint density at radius 1 is 0.605 bits per heavy atom. The number of nitrogens with one attached hydrogen (secondary N) is 2. The van der Waals surface area contributed by atoms with Crippen molar-refractivity contribution >= 4 is 56.6 Å². The van der Waals surface area contributed by atoms with E-state index in [1.165, 1.54) is 117 Å². The number of unbranched alkanes of at least 4 members (excludes halogenated alkanes) is 4. The Morgan fingerprint density at radius 2 is 1.00 bits per heavy atom. The monoisotopic (exact) mass is 654 g/mol. The minimum atomic E-state index is 0.540. The van der Waals surface area contributed by atoms with Crippen molar-refractivity contribution < 1.29 is 0 Å². The van der Waals surface area contributed by atoms with Crippen molar-refractivity contribution in [3.63, 3.8) is 0 Å². The van der Waals surface area contributed by atoms with E-state index in [1.54, 1.807) is 23.5 Å². The highest BCUT2D eigenvalue weighted by atomic mass is 32.2. The summed E-state index contributed by atoms with van der Waals surface area (Å²) in [6, 6.07) is 18.7. The molecule has 2 fully saturated rings. The van der Waals surface area contributed by atoms with E-state index in [2.05, 4.69) is 73.0 Å². The highest BCUT2D eigenvalue weighted by Gasteiger charge is 2.27. The third-order valence-corrected chi connectivity index (χ3v) is 12.0. The second kappa shape index (κ2) is 19.4. The standard InChI is InChI=1S/C37H54N2S4/c1-3-5-7-13-30-15-9-11-17-34(30)42-36(40)38-32-23-19-28(20-24-32)27-29-21-25-33(26-22-29)39-37(41)43-35-18-12-10-16-31(35)14-8-6-4-2/h9-12,15-18,28-29,32-33H,3-8,13-14,19-27H2,1-2H3,(H,38,40)(H,39,41). The maximum absolute atomic E-state index is 5.81. The Morgan fingerprint density at radius 3 is 1.40 bits per heavy atom. The topological polar surface area (TPSA) is 24.1 Å². The van der Waals surface area contributed by atoms with Gasteiger partial charge in [-0.1, -0.05) is 124 Å². The van der Waals surface area contributed by atoms with Crippen LogP contribution in [-0.2, 0) is 12.8 Å². The van der Waals surface area contributed by atoms with E-state index in [0.717, 1.165) is 33.3 Å². The van der Waals surface area contributed by atoms with Gasteiger partial charge < -0.3 is 10.6 Å². The molecule has 0 heterocycles. The molecule has 2 aromatic carbocycles. The van der Waals surface area contributed by atoms with Crippen molar-refractivity contribution in [1.29, 1.82) is 0 Å². The molecular formula is C37H54N2S4. The van der Waals surface area contributed by atoms with Crippen LogP contribution in [0, 0.1) is 11.8 Å². The first-order chi connectivity index (χ1) is 21.0. The first-order valence-electron chi connectivity index (χ1n) is 17.2. The van der Waals surface area contributed by atoms with Crippen LogP contribution in [0.4, 0.5) is 0 Å². The summed E-state index contributed by atoms with van der Waals surface area (Å²) in [6.07, 6.45) is 21.8. The van der Waals surface area contributed by atoms with Crippen LogP contribution in [0.2, 0.25) is 0 Å². The lowest BCUT2D eigenvalue weighted by Gasteiger charge is -2.35. The summed E-state index contributed by atoms with van der Waals surface area (Å²) in [4.78, 5) is 2.67. The van der Waals surface area contributed by atoms with Gasteiger partial charge in [-0.15, -0.1) is 0 Å². The molecule has 0 aromatic heterocycles. The Labute approximate surface area is 282 Å². The lowest BCUT2D eigenvalue weighted by molar-refractivity contribution is 0.218. The Kier molecular flexibility index (Phi) is 15.7. The van der Waals surface area contributed by atoms with E-state index >= 15 is 0 Å². The van der Waals surface area contributed by atoms with Gasteiger partial charge in [-0.25, -0.2) is 0 Å². The lowest BCUT2D eigenvalue weighted by atomic mass is 9.76. The van der Waals surface area contributed by atoms with Crippen LogP contribution < -0.4 is 10.6 Å². The maximum Gasteiger partial charge on any atom is 0.138 e. The van der Waals surface area contributed by atoms with E-state index in [4.69, 9.17) is 24.4 Å². The average molecular weight is 655 g/mol. The van der Waals surface area contributed by atoms with Crippen molar-refractivity contribution in [1.82, 2.24) is 10.6 Å². The molecule has 2 saturated carbocycles. The minimum absolute atomic E-state index is 0.540. The Balaban J connectivity index is 1.11. The molecule has 2 aliphatic carbocycles. The molecule has 4 rings (SSSR count). The molecule has 2 aliphatic rings. The second-order valence-electron chi connectivity index (χ2n) is 12.9. The molecule has 0 amide bonds. The number of aryl methyl sites for hydroxylation is 2. The first kappa shape index (κ1) is 34.8. The average Bonchev–Trinajstić information content (AvgIpc) is 3.01. The summed E-state index contributed by atoms with van der Waals surface area (Å²) in [7, 11) is 0. The zero-order valence-corrected chi connectivity index (χ0v) is 29.8. The van der Waals surface area contributed by atoms with Crippen LogP contribution in [0.5, 0.6) is 0 Å². The zero-order valence-electron chi connectivity index (χ0n) is 26.6. The molecule has 2 N–H and O–H groups in total. The highest BCUT2D eigenvalue weighted by molar-refractivity contribution is 8.23. The summed E-state index contributed by atoms with van der Waals surface area (Å²) in [5.41, 5.74) is 2.89. The molecule has 0 radical (unpaired) electrons. The summed E-state index contributed by atoms with van der Waals surface area (Å²) >= 11 is 15.2. The van der Waals surface area contributed by atoms with Crippen LogP contribution in [-0.4, -0.2) is 20.7 Å². The van der Waals surface area contributed by atoms with Crippen LogP contribution in [0.25, 0.3) is 0 Å². The molecule has 2 aromatic rings. The predicted molar refractivity (Wildman–Crippen MR) is 199 cm³/mol. The van der Waals surface area contributed by atoms with E-state index in [0.29, 0.717) is 12.1 Å². The van der Waals surface area contributed by atoms with Gasteiger partial charge in [0.2, 0.25) is 0 Å². The molecule has 236 valence electrons. The summed E-state index contributed by atoms with van der Waals surface area (Å²) in [5, 5.41) is 7.43. The van der Waals surface area contributed by atoms with E-state index in [9.17, 15) is 0 Å². The van der Waals surface area contributed by atoms with Gasteiger partial charge in [-0.05, 0) is 119 Å². The molecule has 2 nitrogen and oxygen atoms in total. The molecule has 0 atom stereocenters. The summed E-state index contributed by atoms with van der Waals surface area (Å²) < 4.78 is 1.90. The first-order valence-corrected chi connectivity index (χ1v) is 19.6. The molecule has 0 aliphatic heterocycles. The van der Waals surface area contributed by atoms with Gasteiger partial charge in [-0.3, -0.25) is 0 Å². The van der Waals surface area contributed by atoms with E-state index < -0.39 is 0 Å². The fraction of sp³-hybridized carbons (Fsp3) is 0.622. The molecular weight excluding hydrogens is 601 g/mol.